The van der Waals surface area contributed by atoms with Gasteiger partial charge in [0.15, 0.2) is 0 Å². The molecule has 6 rings (SSSR count). The molecule has 1 aliphatic carbocycles. The molecule has 3 fully saturated rings. The second kappa shape index (κ2) is 13.4. The lowest BCUT2D eigenvalue weighted by Gasteiger charge is -2.51. The monoisotopic (exact) mass is 606 g/mol. The number of imide groups is 1. The Balaban J connectivity index is 1.26. The summed E-state index contributed by atoms with van der Waals surface area (Å²) in [5.74, 6) is -0.310. The van der Waals surface area contributed by atoms with Gasteiger partial charge in [-0.15, -0.1) is 0 Å². The molecule has 3 aromatic carbocycles. The Kier molecular flexibility index (Phi) is 9.17. The molecular weight excluding hydrogens is 564 g/mol. The summed E-state index contributed by atoms with van der Waals surface area (Å²) >= 11 is 0. The van der Waals surface area contributed by atoms with Gasteiger partial charge in [-0.3, -0.25) is 9.59 Å². The third-order valence-corrected chi connectivity index (χ3v) is 9.68. The van der Waals surface area contributed by atoms with Crippen molar-refractivity contribution in [3.63, 3.8) is 0 Å². The van der Waals surface area contributed by atoms with Crippen molar-refractivity contribution >= 4 is 29.5 Å². The van der Waals surface area contributed by atoms with Crippen LogP contribution in [-0.2, 0) is 20.7 Å². The highest BCUT2D eigenvalue weighted by Crippen LogP contribution is 2.49. The Bertz CT molecular complexity index is 1580. The van der Waals surface area contributed by atoms with Gasteiger partial charge in [0.05, 0.1) is 18.4 Å². The van der Waals surface area contributed by atoms with E-state index in [2.05, 4.69) is 53.4 Å². The molecule has 7 heteroatoms. The zero-order chi connectivity index (χ0) is 31.4. The number of amides is 2. The van der Waals surface area contributed by atoms with E-state index in [1.807, 2.05) is 12.1 Å². The highest BCUT2D eigenvalue weighted by molar-refractivity contribution is 6.22. The topological polar surface area (TPSA) is 76.1 Å². The highest BCUT2D eigenvalue weighted by Gasteiger charge is 2.47. The zero-order valence-electron chi connectivity index (χ0n) is 26.2. The summed E-state index contributed by atoms with van der Waals surface area (Å²) in [6.07, 6.45) is 7.61. The third-order valence-electron chi connectivity index (χ3n) is 9.68. The number of para-hydroxylation sites is 1. The van der Waals surface area contributed by atoms with Crippen molar-refractivity contribution in [2.75, 3.05) is 38.3 Å². The molecule has 0 spiro atoms. The number of aryl methyl sites for hydroxylation is 1. The Morgan fingerprint density at radius 2 is 1.82 bits per heavy atom. The molecule has 7 nitrogen and oxygen atoms in total. The second-order valence-electron chi connectivity index (χ2n) is 12.8. The van der Waals surface area contributed by atoms with Gasteiger partial charge in [-0.25, -0.2) is 9.69 Å². The quantitative estimate of drug-likeness (QED) is 0.192. The standard InChI is InChI=1S/C38H42N2O5/c1-27-21-35(41)40(36(27)42)34-18-7-6-17-32(34)37(43)45-26-38-19-9-15-30(33(38)23-29-13-8-16-31(22-29)44-2)24-39(25-38)20-10-14-28-11-4-3-5-12-28/h3-8,11-13,16-18,22-23,27,30H,9-10,14-15,19-21,24-26H2,1-2H3/t27?,30-,38+/m1/s1. The Morgan fingerprint density at radius 1 is 1.02 bits per heavy atom. The van der Waals surface area contributed by atoms with Gasteiger partial charge in [-0.2, -0.15) is 0 Å². The number of anilines is 1. The summed E-state index contributed by atoms with van der Waals surface area (Å²) < 4.78 is 11.7. The minimum Gasteiger partial charge on any atom is -0.497 e. The molecule has 0 radical (unpaired) electrons. The molecule has 45 heavy (non-hydrogen) atoms. The maximum Gasteiger partial charge on any atom is 0.340 e. The van der Waals surface area contributed by atoms with E-state index >= 15 is 0 Å². The van der Waals surface area contributed by atoms with Crippen LogP contribution >= 0.6 is 0 Å². The Morgan fingerprint density at radius 3 is 2.60 bits per heavy atom. The first-order valence-corrected chi connectivity index (χ1v) is 16.1. The summed E-state index contributed by atoms with van der Waals surface area (Å²) in [5.41, 5.74) is 3.97. The molecule has 1 unspecified atom stereocenters. The summed E-state index contributed by atoms with van der Waals surface area (Å²) in [5, 5.41) is 0. The molecule has 2 heterocycles. The Hall–Kier alpha value is -4.23. The van der Waals surface area contributed by atoms with Crippen LogP contribution in [0, 0.1) is 17.3 Å². The molecule has 2 amide bonds. The average Bonchev–Trinajstić information content (AvgIpc) is 3.31. The van der Waals surface area contributed by atoms with E-state index in [0.29, 0.717) is 11.6 Å². The van der Waals surface area contributed by atoms with E-state index in [-0.39, 0.29) is 35.8 Å². The molecule has 234 valence electrons. The fourth-order valence-corrected chi connectivity index (χ4v) is 7.45. The number of likely N-dealkylation sites (tertiary alicyclic amines) is 1. The predicted octanol–water partition coefficient (Wildman–Crippen LogP) is 6.57. The number of nitrogens with zero attached hydrogens (tertiary/aromatic N) is 2. The summed E-state index contributed by atoms with van der Waals surface area (Å²) in [4.78, 5) is 43.0. The van der Waals surface area contributed by atoms with Gasteiger partial charge in [0.1, 0.15) is 12.4 Å². The first-order valence-electron chi connectivity index (χ1n) is 16.1. The van der Waals surface area contributed by atoms with Gasteiger partial charge >= 0.3 is 5.97 Å². The van der Waals surface area contributed by atoms with Crippen LogP contribution in [0.3, 0.4) is 0 Å². The molecule has 3 aliphatic rings. The predicted molar refractivity (Wildman–Crippen MR) is 175 cm³/mol. The van der Waals surface area contributed by atoms with Crippen molar-refractivity contribution in [2.24, 2.45) is 17.3 Å². The first-order chi connectivity index (χ1) is 21.9. The Labute approximate surface area is 265 Å². The summed E-state index contributed by atoms with van der Waals surface area (Å²) in [6.45, 7) is 4.75. The van der Waals surface area contributed by atoms with Crippen LogP contribution in [0.15, 0.2) is 84.4 Å². The zero-order valence-corrected chi connectivity index (χ0v) is 26.2. The number of ether oxygens (including phenoxy) is 2. The molecule has 2 bridgehead atoms. The minimum absolute atomic E-state index is 0.144. The number of methoxy groups -OCH3 is 1. The van der Waals surface area contributed by atoms with Crippen molar-refractivity contribution in [1.29, 1.82) is 0 Å². The van der Waals surface area contributed by atoms with Crippen LogP contribution in [0.5, 0.6) is 5.75 Å². The first kappa shape index (κ1) is 30.8. The number of carbonyl (C=O) groups is 3. The average molecular weight is 607 g/mol. The van der Waals surface area contributed by atoms with Crippen LogP contribution in [0.4, 0.5) is 5.69 Å². The maximum atomic E-state index is 13.8. The van der Waals surface area contributed by atoms with Crippen molar-refractivity contribution in [3.05, 3.63) is 101 Å². The number of hydrogen-bond acceptors (Lipinski definition) is 6. The third kappa shape index (κ3) is 6.59. The number of esters is 1. The van der Waals surface area contributed by atoms with E-state index < -0.39 is 11.9 Å². The van der Waals surface area contributed by atoms with Crippen LogP contribution in [0.25, 0.3) is 6.08 Å². The van der Waals surface area contributed by atoms with E-state index in [1.54, 1.807) is 38.3 Å². The van der Waals surface area contributed by atoms with Crippen LogP contribution < -0.4 is 9.64 Å². The van der Waals surface area contributed by atoms with E-state index in [1.165, 1.54) is 11.1 Å². The van der Waals surface area contributed by atoms with Crippen LogP contribution in [-0.4, -0.2) is 56.0 Å². The van der Waals surface area contributed by atoms with Crippen LogP contribution in [0.1, 0.15) is 60.5 Å². The van der Waals surface area contributed by atoms with Gasteiger partial charge in [0.2, 0.25) is 11.8 Å². The van der Waals surface area contributed by atoms with Gasteiger partial charge in [-0.05, 0) is 73.5 Å². The van der Waals surface area contributed by atoms with Gasteiger partial charge < -0.3 is 14.4 Å². The normalized spacial score (nSPS) is 24.2. The fraction of sp³-hybridized carbons (Fsp3) is 0.395. The van der Waals surface area contributed by atoms with Crippen molar-refractivity contribution in [3.8, 4) is 5.75 Å². The van der Waals surface area contributed by atoms with Crippen molar-refractivity contribution in [1.82, 2.24) is 4.90 Å². The summed E-state index contributed by atoms with van der Waals surface area (Å²) in [7, 11) is 1.68. The largest absolute Gasteiger partial charge is 0.497 e. The lowest BCUT2D eigenvalue weighted by molar-refractivity contribution is -0.122. The number of benzene rings is 3. The van der Waals surface area contributed by atoms with E-state index in [9.17, 15) is 14.4 Å². The van der Waals surface area contributed by atoms with Gasteiger partial charge in [0.25, 0.3) is 0 Å². The molecule has 3 atom stereocenters. The lowest BCUT2D eigenvalue weighted by atomic mass is 9.62. The van der Waals surface area contributed by atoms with Crippen molar-refractivity contribution in [2.45, 2.75) is 45.4 Å². The minimum atomic E-state index is -0.510. The highest BCUT2D eigenvalue weighted by atomic mass is 16.5. The number of rotatable bonds is 10. The molecule has 0 N–H and O–H groups in total. The number of hydrogen-bond donors (Lipinski definition) is 0. The molecule has 0 aromatic heterocycles. The molecule has 2 saturated heterocycles. The molecular formula is C38H42N2O5. The molecule has 2 aliphatic heterocycles. The number of piperidine rings is 1. The number of carbonyl (C=O) groups excluding carboxylic acids is 3. The molecule has 1 saturated carbocycles. The molecule has 3 aromatic rings. The second-order valence-corrected chi connectivity index (χ2v) is 12.8. The van der Waals surface area contributed by atoms with Crippen LogP contribution in [0.2, 0.25) is 0 Å². The van der Waals surface area contributed by atoms with Gasteiger partial charge in [0, 0.05) is 30.8 Å². The smallest absolute Gasteiger partial charge is 0.340 e. The van der Waals surface area contributed by atoms with E-state index in [4.69, 9.17) is 9.47 Å². The SMILES string of the molecule is COc1cccc(C=C2[C@@H]3CCC[C@@]2(COC(=O)c2ccccc2N2C(=O)CC(C)C2=O)CN(CCCc2ccccc2)C3)c1. The van der Waals surface area contributed by atoms with Crippen molar-refractivity contribution < 1.29 is 23.9 Å². The maximum absolute atomic E-state index is 13.8. The van der Waals surface area contributed by atoms with Gasteiger partial charge in [-0.1, -0.05) is 79.6 Å². The summed E-state index contributed by atoms with van der Waals surface area (Å²) in [6, 6.07) is 25.5. The number of fused-ring (bicyclic) bond motifs is 2. The lowest BCUT2D eigenvalue weighted by Crippen LogP contribution is -2.53. The fourth-order valence-electron chi connectivity index (χ4n) is 7.45. The van der Waals surface area contributed by atoms with E-state index in [0.717, 1.165) is 68.0 Å².